The molecule has 0 aromatic heterocycles. The summed E-state index contributed by atoms with van der Waals surface area (Å²) in [5.41, 5.74) is 5.71. The maximum absolute atomic E-state index is 10.9. The molecule has 1 rings (SSSR count). The van der Waals surface area contributed by atoms with Crippen LogP contribution in [0.5, 0.6) is 0 Å². The van der Waals surface area contributed by atoms with Gasteiger partial charge in [0.05, 0.1) is 0 Å². The van der Waals surface area contributed by atoms with Crippen LogP contribution < -0.4 is 10.5 Å². The summed E-state index contributed by atoms with van der Waals surface area (Å²) >= 11 is 0. The van der Waals surface area contributed by atoms with E-state index in [1.807, 2.05) is 0 Å². The number of hydrogen-bond acceptors (Lipinski definition) is 5. The van der Waals surface area contributed by atoms with E-state index in [0.29, 0.717) is 5.69 Å². The minimum absolute atomic E-state index is 0.0122. The van der Waals surface area contributed by atoms with Crippen molar-refractivity contribution in [2.45, 2.75) is 0 Å². The monoisotopic (exact) mass is 252 g/mol. The van der Waals surface area contributed by atoms with Gasteiger partial charge in [-0.25, -0.2) is 0 Å². The summed E-state index contributed by atoms with van der Waals surface area (Å²) in [6.07, 6.45) is 0. The fourth-order valence-corrected chi connectivity index (χ4v) is 1.88. The molecule has 0 amide bonds. The maximum Gasteiger partial charge on any atom is 0.391 e. The second-order valence-corrected chi connectivity index (χ2v) is 7.15. The van der Waals surface area contributed by atoms with Crippen LogP contribution in [-0.2, 0) is 18.2 Å². The zero-order chi connectivity index (χ0) is 11.7. The summed E-state index contributed by atoms with van der Waals surface area (Å²) in [6, 6.07) is 5.28. The summed E-state index contributed by atoms with van der Waals surface area (Å²) in [6.45, 7) is 0. The first-order valence-electron chi connectivity index (χ1n) is 3.58. The number of anilines is 2. The van der Waals surface area contributed by atoms with E-state index in [0.717, 1.165) is 0 Å². The summed E-state index contributed by atoms with van der Waals surface area (Å²) in [4.78, 5) is 0. The van der Waals surface area contributed by atoms with Gasteiger partial charge in [-0.05, 0) is 24.3 Å². The van der Waals surface area contributed by atoms with E-state index in [2.05, 4.69) is 0 Å². The predicted molar refractivity (Wildman–Crippen MR) is 54.9 cm³/mol. The molecule has 0 radical (unpaired) electrons. The molecule has 1 aromatic carbocycles. The summed E-state index contributed by atoms with van der Waals surface area (Å²) < 4.78 is 52.7. The Morgan fingerprint density at radius 1 is 1.07 bits per heavy atom. The Balaban J connectivity index is 3.03. The van der Waals surface area contributed by atoms with Crippen molar-refractivity contribution < 1.29 is 21.4 Å². The number of nitrogens with one attached hydrogen (secondary N) is 1. The molecule has 15 heavy (non-hydrogen) atoms. The van der Waals surface area contributed by atoms with Crippen molar-refractivity contribution in [2.75, 3.05) is 10.5 Å². The van der Waals surface area contributed by atoms with Crippen LogP contribution in [0.1, 0.15) is 0 Å². The van der Waals surface area contributed by atoms with Crippen LogP contribution in [0.3, 0.4) is 0 Å². The first-order chi connectivity index (χ1) is 6.72. The third-order valence-corrected chi connectivity index (χ3v) is 4.38. The normalized spacial score (nSPS) is 12.3. The molecular weight excluding hydrogens is 244 g/mol. The average Bonchev–Trinajstić information content (AvgIpc) is 2.06. The highest BCUT2D eigenvalue weighted by atomic mass is 33.2. The van der Waals surface area contributed by atoms with Crippen LogP contribution in [-0.4, -0.2) is 21.4 Å². The van der Waals surface area contributed by atoms with E-state index >= 15 is 0 Å². The Morgan fingerprint density at radius 3 is 1.93 bits per heavy atom. The summed E-state index contributed by atoms with van der Waals surface area (Å²) in [7, 11) is -10.0. The van der Waals surface area contributed by atoms with Gasteiger partial charge < -0.3 is 5.73 Å². The zero-order valence-corrected chi connectivity index (χ0v) is 8.92. The molecule has 1 aromatic rings. The van der Waals surface area contributed by atoms with E-state index in [-0.39, 0.29) is 5.69 Å². The van der Waals surface area contributed by atoms with E-state index in [1.165, 1.54) is 24.3 Å². The largest absolute Gasteiger partial charge is 0.399 e. The van der Waals surface area contributed by atoms with Crippen molar-refractivity contribution in [3.63, 3.8) is 0 Å². The molecule has 4 N–H and O–H groups in total. The molecule has 0 aliphatic rings. The van der Waals surface area contributed by atoms with Gasteiger partial charge in [0.2, 0.25) is 0 Å². The lowest BCUT2D eigenvalue weighted by molar-refractivity contribution is 0.493. The van der Waals surface area contributed by atoms with Crippen molar-refractivity contribution in [2.24, 2.45) is 0 Å². The molecule has 0 aliphatic heterocycles. The Labute approximate surface area is 86.1 Å². The second-order valence-electron chi connectivity index (χ2n) is 2.61. The molecule has 0 unspecified atom stereocenters. The molecule has 0 spiro atoms. The van der Waals surface area contributed by atoms with Gasteiger partial charge in [-0.15, -0.1) is 0 Å². The Morgan fingerprint density at radius 2 is 1.53 bits per heavy atom. The maximum atomic E-state index is 10.9. The Hall–Kier alpha value is -1.32. The molecule has 0 saturated heterocycles. The standard InChI is InChI=1S/C6H8N2O5S2/c7-5-1-3-6(4-2-5)8-14(9,10)15(11,12)13/h1-4,8H,7H2,(H,11,12,13). The molecule has 9 heteroatoms. The molecule has 0 heterocycles. The first kappa shape index (κ1) is 11.8. The quantitative estimate of drug-likeness (QED) is 0.389. The van der Waals surface area contributed by atoms with E-state index in [1.54, 1.807) is 4.72 Å². The highest BCUT2D eigenvalue weighted by Gasteiger charge is 2.26. The lowest BCUT2D eigenvalue weighted by atomic mass is 10.3. The van der Waals surface area contributed by atoms with Crippen LogP contribution in [0.4, 0.5) is 11.4 Å². The number of nitrogen functional groups attached to an aromatic ring is 1. The molecule has 0 aliphatic carbocycles. The first-order valence-corrected chi connectivity index (χ1v) is 7.02. The van der Waals surface area contributed by atoms with Crippen LogP contribution >= 0.6 is 0 Å². The molecule has 0 bridgehead atoms. The van der Waals surface area contributed by atoms with Crippen molar-refractivity contribution in [3.05, 3.63) is 24.3 Å². The molecule has 0 saturated carbocycles. The summed E-state index contributed by atoms with van der Waals surface area (Å²) in [5.74, 6) is 0. The van der Waals surface area contributed by atoms with Crippen molar-refractivity contribution >= 4 is 29.6 Å². The smallest absolute Gasteiger partial charge is 0.391 e. The lowest BCUT2D eigenvalue weighted by Gasteiger charge is -2.04. The van der Waals surface area contributed by atoms with Gasteiger partial charge in [0.15, 0.2) is 0 Å². The molecule has 0 atom stereocenters. The number of benzene rings is 1. The van der Waals surface area contributed by atoms with Gasteiger partial charge >= 0.3 is 18.2 Å². The highest BCUT2D eigenvalue weighted by molar-refractivity contribution is 8.65. The van der Waals surface area contributed by atoms with Gasteiger partial charge in [-0.2, -0.15) is 16.8 Å². The number of hydrogen-bond donors (Lipinski definition) is 3. The van der Waals surface area contributed by atoms with E-state index < -0.39 is 18.2 Å². The van der Waals surface area contributed by atoms with Gasteiger partial charge in [-0.1, -0.05) is 0 Å². The van der Waals surface area contributed by atoms with Gasteiger partial charge in [0.1, 0.15) is 0 Å². The molecule has 0 fully saturated rings. The fraction of sp³-hybridized carbons (Fsp3) is 0. The zero-order valence-electron chi connectivity index (χ0n) is 7.28. The second kappa shape index (κ2) is 3.68. The van der Waals surface area contributed by atoms with Crippen LogP contribution in [0, 0.1) is 0 Å². The third-order valence-electron chi connectivity index (χ3n) is 1.43. The minimum Gasteiger partial charge on any atom is -0.399 e. The molecular formula is C6H8N2O5S2. The number of nitrogens with two attached hydrogens (primary N) is 1. The van der Waals surface area contributed by atoms with Crippen LogP contribution in [0.25, 0.3) is 0 Å². The topological polar surface area (TPSA) is 127 Å². The van der Waals surface area contributed by atoms with Crippen molar-refractivity contribution in [3.8, 4) is 0 Å². The van der Waals surface area contributed by atoms with E-state index in [4.69, 9.17) is 10.3 Å². The minimum atomic E-state index is -5.18. The van der Waals surface area contributed by atoms with Crippen molar-refractivity contribution in [1.29, 1.82) is 0 Å². The SMILES string of the molecule is Nc1ccc(NS(=O)(=O)S(=O)(=O)O)cc1. The fourth-order valence-electron chi connectivity index (χ4n) is 0.748. The Bertz CT molecular complexity index is 546. The number of rotatable bonds is 3. The van der Waals surface area contributed by atoms with Gasteiger partial charge in [-0.3, -0.25) is 9.27 Å². The van der Waals surface area contributed by atoms with Crippen LogP contribution in [0.15, 0.2) is 24.3 Å². The summed E-state index contributed by atoms with van der Waals surface area (Å²) in [5, 5.41) is 0. The molecule has 84 valence electrons. The van der Waals surface area contributed by atoms with Gasteiger partial charge in [0, 0.05) is 11.4 Å². The van der Waals surface area contributed by atoms with Gasteiger partial charge in [0.25, 0.3) is 0 Å². The predicted octanol–water partition coefficient (Wildman–Crippen LogP) is -0.187. The average molecular weight is 252 g/mol. The van der Waals surface area contributed by atoms with Crippen LogP contribution in [0.2, 0.25) is 0 Å². The van der Waals surface area contributed by atoms with E-state index in [9.17, 15) is 16.8 Å². The molecule has 7 nitrogen and oxygen atoms in total. The highest BCUT2D eigenvalue weighted by Crippen LogP contribution is 2.13. The third kappa shape index (κ3) is 2.81. The van der Waals surface area contributed by atoms with Crippen molar-refractivity contribution in [1.82, 2.24) is 0 Å². The lowest BCUT2D eigenvalue weighted by Crippen LogP contribution is -2.22. The Kier molecular flexibility index (Phi) is 2.88.